The molecule has 0 spiro atoms. The molecule has 4 saturated carbocycles. The van der Waals surface area contributed by atoms with Crippen LogP contribution in [-0.4, -0.2) is 30.1 Å². The van der Waals surface area contributed by atoms with Crippen LogP contribution in [0.15, 0.2) is 11.6 Å². The maximum Gasteiger partial charge on any atom is 0.305 e. The van der Waals surface area contributed by atoms with Crippen LogP contribution in [0.4, 0.5) is 0 Å². The predicted molar refractivity (Wildman–Crippen MR) is 117 cm³/mol. The summed E-state index contributed by atoms with van der Waals surface area (Å²) in [5, 5.41) is 10.4. The summed E-state index contributed by atoms with van der Waals surface area (Å²) >= 11 is 0. The van der Waals surface area contributed by atoms with Gasteiger partial charge in [0.1, 0.15) is 0 Å². The third-order valence-corrected chi connectivity index (χ3v) is 10.1. The van der Waals surface area contributed by atoms with Gasteiger partial charge in [-0.05, 0) is 105 Å². The summed E-state index contributed by atoms with van der Waals surface area (Å²) in [6, 6.07) is 0. The summed E-state index contributed by atoms with van der Waals surface area (Å²) in [4.78, 5) is 25.4. The summed E-state index contributed by atoms with van der Waals surface area (Å²) in [7, 11) is 1.46. The minimum Gasteiger partial charge on any atom is -0.469 e. The van der Waals surface area contributed by atoms with Crippen molar-refractivity contribution in [2.45, 2.75) is 91.1 Å². The van der Waals surface area contributed by atoms with Gasteiger partial charge in [0.2, 0.25) is 0 Å². The molecular formula is C26H40O4. The monoisotopic (exact) mass is 416 g/mol. The van der Waals surface area contributed by atoms with Crippen molar-refractivity contribution in [1.82, 2.24) is 0 Å². The van der Waals surface area contributed by atoms with E-state index < -0.39 is 0 Å². The number of rotatable bonds is 4. The molecule has 4 heteroatoms. The number of aliphatic hydroxyl groups is 1. The van der Waals surface area contributed by atoms with E-state index in [4.69, 9.17) is 4.74 Å². The van der Waals surface area contributed by atoms with E-state index in [1.165, 1.54) is 20.0 Å². The Morgan fingerprint density at radius 3 is 2.53 bits per heavy atom. The second-order valence-corrected chi connectivity index (χ2v) is 11.1. The zero-order chi connectivity index (χ0) is 21.7. The van der Waals surface area contributed by atoms with Gasteiger partial charge in [0, 0.05) is 12.3 Å². The van der Waals surface area contributed by atoms with Gasteiger partial charge in [-0.1, -0.05) is 19.9 Å². The van der Waals surface area contributed by atoms with E-state index in [-0.39, 0.29) is 34.7 Å². The summed E-state index contributed by atoms with van der Waals surface area (Å²) in [5.74, 6) is 2.18. The van der Waals surface area contributed by atoms with E-state index in [2.05, 4.69) is 19.9 Å². The van der Waals surface area contributed by atoms with Crippen LogP contribution in [0.3, 0.4) is 0 Å². The fraction of sp³-hybridized carbons (Fsp3) is 0.846. The first-order valence-electron chi connectivity index (χ1n) is 12.2. The Morgan fingerprint density at radius 2 is 1.83 bits per heavy atom. The van der Waals surface area contributed by atoms with Gasteiger partial charge in [-0.25, -0.2) is 0 Å². The molecule has 0 bridgehead atoms. The van der Waals surface area contributed by atoms with Crippen LogP contribution in [0.1, 0.15) is 85.0 Å². The molecule has 0 aromatic heterocycles. The molecule has 0 saturated heterocycles. The van der Waals surface area contributed by atoms with Crippen molar-refractivity contribution in [3.05, 3.63) is 11.6 Å². The van der Waals surface area contributed by atoms with Crippen LogP contribution >= 0.6 is 0 Å². The largest absolute Gasteiger partial charge is 0.469 e. The highest BCUT2D eigenvalue weighted by molar-refractivity contribution is 5.99. The average molecular weight is 417 g/mol. The molecule has 0 aliphatic heterocycles. The molecule has 4 fully saturated rings. The molecule has 1 N–H and O–H groups in total. The molecule has 8 atom stereocenters. The van der Waals surface area contributed by atoms with E-state index >= 15 is 0 Å². The van der Waals surface area contributed by atoms with Crippen LogP contribution in [0.2, 0.25) is 0 Å². The number of esters is 1. The van der Waals surface area contributed by atoms with E-state index in [9.17, 15) is 14.7 Å². The summed E-state index contributed by atoms with van der Waals surface area (Å²) in [6.07, 6.45) is 11.6. The van der Waals surface area contributed by atoms with Crippen molar-refractivity contribution in [2.24, 2.45) is 40.4 Å². The topological polar surface area (TPSA) is 63.6 Å². The molecule has 0 radical (unpaired) electrons. The van der Waals surface area contributed by atoms with Gasteiger partial charge in [-0.3, -0.25) is 9.59 Å². The lowest BCUT2D eigenvalue weighted by Crippen LogP contribution is -2.58. The molecule has 4 aliphatic rings. The number of fused-ring (bicyclic) bond motifs is 5. The second kappa shape index (κ2) is 8.07. The fourth-order valence-corrected chi connectivity index (χ4v) is 8.37. The summed E-state index contributed by atoms with van der Waals surface area (Å²) in [6.45, 7) is 6.87. The number of carbonyl (C=O) groups is 2. The quantitative estimate of drug-likeness (QED) is 0.512. The maximum atomic E-state index is 13.8. The number of carbonyl (C=O) groups excluding carboxylic acids is 2. The normalized spacial score (nSPS) is 46.8. The lowest BCUT2D eigenvalue weighted by Gasteiger charge is -2.60. The molecule has 4 nitrogen and oxygen atoms in total. The molecule has 4 rings (SSSR count). The molecule has 0 amide bonds. The van der Waals surface area contributed by atoms with Gasteiger partial charge < -0.3 is 9.84 Å². The molecule has 0 aromatic carbocycles. The standard InChI is InChI=1S/C26H40O4/c1-5-18-21-15-17(27)11-13-26(21,3)20-12-14-25(2)16(7-6-8-22(28)30-4)9-10-19(25)23(20)24(18)29/h5,16-17,19-21,23,27H,6-15H2,1-4H3/b18-5+/t16-,17+,19-,20-,21-,23-,25+,26+/m0/s1. The van der Waals surface area contributed by atoms with Crippen molar-refractivity contribution in [1.29, 1.82) is 0 Å². The van der Waals surface area contributed by atoms with Crippen molar-refractivity contribution in [3.63, 3.8) is 0 Å². The Kier molecular flexibility index (Phi) is 5.93. The van der Waals surface area contributed by atoms with Gasteiger partial charge in [-0.2, -0.15) is 0 Å². The van der Waals surface area contributed by atoms with Gasteiger partial charge in [0.05, 0.1) is 13.2 Å². The Hall–Kier alpha value is -1.16. The molecule has 30 heavy (non-hydrogen) atoms. The SMILES string of the molecule is C/C=C1/C(=O)[C@@H]2[C@H](CC[C@]3(C)[C@@H](CCCC(=O)OC)CC[C@@H]23)[C@@]2(C)CC[C@@H](O)C[C@@H]12. The number of hydrogen-bond acceptors (Lipinski definition) is 4. The highest BCUT2D eigenvalue weighted by Crippen LogP contribution is 2.67. The summed E-state index contributed by atoms with van der Waals surface area (Å²) in [5.41, 5.74) is 1.36. The number of Topliss-reactive ketones (excluding diaryl/α,β-unsaturated/α-hetero) is 1. The predicted octanol–water partition coefficient (Wildman–Crippen LogP) is 5.08. The Balaban J connectivity index is 1.58. The summed E-state index contributed by atoms with van der Waals surface area (Å²) < 4.78 is 4.82. The number of hydrogen-bond donors (Lipinski definition) is 1. The van der Waals surface area contributed by atoms with E-state index in [0.29, 0.717) is 30.0 Å². The maximum absolute atomic E-state index is 13.8. The number of aliphatic hydroxyl groups excluding tert-OH is 1. The van der Waals surface area contributed by atoms with E-state index in [1.807, 2.05) is 6.92 Å². The zero-order valence-electron chi connectivity index (χ0n) is 19.3. The average Bonchev–Trinajstić information content (AvgIpc) is 3.06. The highest BCUT2D eigenvalue weighted by Gasteiger charge is 2.63. The number of ketones is 1. The van der Waals surface area contributed by atoms with Gasteiger partial charge in [0.15, 0.2) is 5.78 Å². The van der Waals surface area contributed by atoms with E-state index in [0.717, 1.165) is 50.5 Å². The third kappa shape index (κ3) is 3.29. The molecule has 168 valence electrons. The van der Waals surface area contributed by atoms with Crippen molar-refractivity contribution < 1.29 is 19.4 Å². The molecular weight excluding hydrogens is 376 g/mol. The third-order valence-electron chi connectivity index (χ3n) is 10.1. The molecule has 0 unspecified atom stereocenters. The van der Waals surface area contributed by atoms with Crippen molar-refractivity contribution in [3.8, 4) is 0 Å². The van der Waals surface area contributed by atoms with Gasteiger partial charge in [0.25, 0.3) is 0 Å². The highest BCUT2D eigenvalue weighted by atomic mass is 16.5. The van der Waals surface area contributed by atoms with Crippen LogP contribution in [-0.2, 0) is 14.3 Å². The first kappa shape index (κ1) is 22.0. The minimum atomic E-state index is -0.262. The Bertz CT molecular complexity index is 727. The van der Waals surface area contributed by atoms with Gasteiger partial charge in [-0.15, -0.1) is 0 Å². The fourth-order valence-electron chi connectivity index (χ4n) is 8.37. The van der Waals surface area contributed by atoms with Crippen LogP contribution in [0.5, 0.6) is 0 Å². The molecule has 4 aliphatic carbocycles. The van der Waals surface area contributed by atoms with Crippen molar-refractivity contribution in [2.75, 3.05) is 7.11 Å². The molecule has 0 heterocycles. The first-order valence-corrected chi connectivity index (χ1v) is 12.2. The smallest absolute Gasteiger partial charge is 0.305 e. The van der Waals surface area contributed by atoms with E-state index in [1.54, 1.807) is 0 Å². The lowest BCUT2D eigenvalue weighted by atomic mass is 9.43. The van der Waals surface area contributed by atoms with Crippen LogP contribution < -0.4 is 0 Å². The number of allylic oxidation sites excluding steroid dienone is 2. The Morgan fingerprint density at radius 1 is 1.13 bits per heavy atom. The minimum absolute atomic E-state index is 0.114. The second-order valence-electron chi connectivity index (χ2n) is 11.1. The number of methoxy groups -OCH3 is 1. The zero-order valence-corrected chi connectivity index (χ0v) is 19.3. The lowest BCUT2D eigenvalue weighted by molar-refractivity contribution is -0.149. The van der Waals surface area contributed by atoms with Gasteiger partial charge >= 0.3 is 5.97 Å². The van der Waals surface area contributed by atoms with Crippen molar-refractivity contribution >= 4 is 11.8 Å². The Labute approximate surface area is 181 Å². The molecule has 0 aromatic rings. The first-order chi connectivity index (χ1) is 14.3. The van der Waals surface area contributed by atoms with Crippen LogP contribution in [0.25, 0.3) is 0 Å². The number of ether oxygens (including phenoxy) is 1. The van der Waals surface area contributed by atoms with Crippen LogP contribution in [0, 0.1) is 40.4 Å².